The second-order valence-electron chi connectivity index (χ2n) is 28.4. The lowest BCUT2D eigenvalue weighted by molar-refractivity contribution is -0.374. The predicted molar refractivity (Wildman–Crippen MR) is 348 cm³/mol. The van der Waals surface area contributed by atoms with Gasteiger partial charge in [-0.25, -0.2) is 4.18 Å². The quantitative estimate of drug-likeness (QED) is 0.0169. The molecule has 18 heteroatoms. The van der Waals surface area contributed by atoms with Crippen molar-refractivity contribution in [1.82, 2.24) is 0 Å². The summed E-state index contributed by atoms with van der Waals surface area (Å²) >= 11 is 0. The normalized spacial score (nSPS) is 25.7. The third-order valence-corrected chi connectivity index (χ3v) is 19.3. The fraction of sp³-hybridized carbons (Fsp3) is 0.971. The molecule has 0 amide bonds. The van der Waals surface area contributed by atoms with E-state index in [1.54, 1.807) is 6.92 Å². The lowest BCUT2D eigenvalue weighted by atomic mass is 9.80. The molecule has 0 spiro atoms. The largest absolute Gasteiger partial charge is 0.455 e. The van der Waals surface area contributed by atoms with Gasteiger partial charge in [-0.15, -0.1) is 0 Å². The van der Waals surface area contributed by atoms with Crippen molar-refractivity contribution in [3.8, 4) is 0 Å². The molecule has 0 aromatic heterocycles. The Balaban J connectivity index is 1.93. The molecule has 0 aromatic carbocycles. The Labute approximate surface area is 536 Å². The number of ether oxygens (including phenoxy) is 5. The van der Waals surface area contributed by atoms with Gasteiger partial charge in [0.1, 0.15) is 30.5 Å². The van der Waals surface area contributed by atoms with Crippen molar-refractivity contribution in [3.05, 3.63) is 0 Å². The Morgan fingerprint density at radius 2 is 0.795 bits per heavy atom. The highest BCUT2D eigenvalue weighted by molar-refractivity contribution is 7.80. The van der Waals surface area contributed by atoms with E-state index >= 15 is 0 Å². The van der Waals surface area contributed by atoms with Gasteiger partial charge in [0.25, 0.3) is 0 Å². The zero-order valence-electron chi connectivity index (χ0n) is 57.2. The average molecular weight is 1280 g/mol. The Bertz CT molecular complexity index is 1840. The van der Waals surface area contributed by atoms with Crippen molar-refractivity contribution in [2.75, 3.05) is 13.2 Å². The molecular weight excluding hydrogens is 1140 g/mol. The first kappa shape index (κ1) is 82.5. The number of carbonyl (C=O) groups is 2. The smallest absolute Gasteiger partial charge is 0.397 e. The Morgan fingerprint density at radius 3 is 1.19 bits per heavy atom. The molecule has 0 aliphatic carbocycles. The van der Waals surface area contributed by atoms with Crippen LogP contribution < -0.4 is 0 Å². The highest BCUT2D eigenvalue weighted by atomic mass is 32.3. The molecule has 19 atom stereocenters. The maximum atomic E-state index is 14.1. The highest BCUT2D eigenvalue weighted by Crippen LogP contribution is 2.36. The van der Waals surface area contributed by atoms with Crippen molar-refractivity contribution in [1.29, 1.82) is 0 Å². The molecule has 2 saturated heterocycles. The minimum atomic E-state index is -5.32. The van der Waals surface area contributed by atoms with Crippen LogP contribution in [-0.4, -0.2) is 136 Å². The number of aliphatic hydroxyl groups excluding tert-OH is 6. The molecule has 2 aliphatic rings. The van der Waals surface area contributed by atoms with Crippen LogP contribution >= 0.6 is 0 Å². The van der Waals surface area contributed by atoms with Gasteiger partial charge in [-0.05, 0) is 99.2 Å². The molecular formula is C70H134O17S. The first-order valence-corrected chi connectivity index (χ1v) is 37.3. The molecule has 17 nitrogen and oxygen atoms in total. The van der Waals surface area contributed by atoms with Crippen molar-refractivity contribution in [2.45, 2.75) is 374 Å². The van der Waals surface area contributed by atoms with Crippen molar-refractivity contribution < 1.29 is 81.1 Å². The molecule has 522 valence electrons. The number of hydrogen-bond donors (Lipinski definition) is 7. The zero-order chi connectivity index (χ0) is 65.4. The van der Waals surface area contributed by atoms with Crippen LogP contribution in [0, 0.1) is 47.3 Å². The van der Waals surface area contributed by atoms with E-state index in [4.69, 9.17) is 23.7 Å². The summed E-state index contributed by atoms with van der Waals surface area (Å²) in [5.41, 5.74) is 0. The fourth-order valence-corrected chi connectivity index (χ4v) is 14.7. The molecule has 0 bridgehead atoms. The second-order valence-corrected chi connectivity index (χ2v) is 29.4. The van der Waals surface area contributed by atoms with Crippen molar-refractivity contribution in [3.63, 3.8) is 0 Å². The van der Waals surface area contributed by atoms with Crippen LogP contribution in [0.3, 0.4) is 0 Å². The number of hydrogen-bond acceptors (Lipinski definition) is 16. The monoisotopic (exact) mass is 1280 g/mol. The summed E-state index contributed by atoms with van der Waals surface area (Å²) in [6.07, 6.45) is 23.5. The van der Waals surface area contributed by atoms with Gasteiger partial charge in [0.15, 0.2) is 24.6 Å². The van der Waals surface area contributed by atoms with Crippen LogP contribution in [-0.2, 0) is 47.9 Å². The standard InChI is InChI=1S/C70H134O17S/c1-11-13-15-17-19-21-23-25-26-28-29-31-33-35-37-39-58(73)56(9)46-54(7)44-52(5)42-50(3)41-51(4)43-53(6)45-55(8)47-57(10)68(78)85-65-63(76)60(49-72)83-70(86-69-66(87-88(79,80)81)64(77)62(75)59(48-71)82-69)67(65)84-61(74)40-38-36-34-32-30-27-24-22-20-18-16-14-12-2/h50-60,62-67,69-73,75-77H,11-49H2,1-10H3,(H,79,80,81)/t50-,51+,52-,53+,54-,55+,56-,57-,58+,59-,60+,62-,63+,64+,65-,66-,67+,69-,70+/m1/s1. The summed E-state index contributed by atoms with van der Waals surface area (Å²) < 4.78 is 67.4. The van der Waals surface area contributed by atoms with E-state index in [2.05, 4.69) is 66.5 Å². The lowest BCUT2D eigenvalue weighted by Gasteiger charge is -2.46. The van der Waals surface area contributed by atoms with Crippen LogP contribution in [0.1, 0.15) is 307 Å². The van der Waals surface area contributed by atoms with E-state index in [1.165, 1.54) is 135 Å². The number of aliphatic hydroxyl groups is 6. The van der Waals surface area contributed by atoms with E-state index in [9.17, 15) is 53.2 Å². The SMILES string of the molecule is CCCCCCCCCCCCCCCCC[C@H](O)[C@H](C)C[C@H](C)C[C@H](C)C[C@H](C)C[C@H](C)C[C@H](C)C[C@H](C)C[C@@H](C)C(=O)O[C@@H]1[C@@H](O)[C@H](CO)O[C@@H](O[C@H]2O[C@H](CO)[C@@H](O)[C@H](O)[C@H]2OS(=O)(=O)O)[C@H]1OC(=O)CCCCCCCCCCCCCCC. The van der Waals surface area contributed by atoms with Gasteiger partial charge in [0.05, 0.1) is 25.2 Å². The summed E-state index contributed by atoms with van der Waals surface area (Å²) in [5, 5.41) is 64.4. The number of carbonyl (C=O) groups excluding carboxylic acids is 2. The van der Waals surface area contributed by atoms with Gasteiger partial charge < -0.3 is 54.3 Å². The predicted octanol–water partition coefficient (Wildman–Crippen LogP) is 14.5. The molecule has 0 radical (unpaired) electrons. The maximum Gasteiger partial charge on any atom is 0.397 e. The zero-order valence-corrected chi connectivity index (χ0v) is 58.0. The van der Waals surface area contributed by atoms with Gasteiger partial charge in [-0.1, -0.05) is 243 Å². The molecule has 7 N–H and O–H groups in total. The van der Waals surface area contributed by atoms with E-state index in [1.807, 2.05) is 0 Å². The minimum Gasteiger partial charge on any atom is -0.455 e. The number of unbranched alkanes of at least 4 members (excludes halogenated alkanes) is 26. The van der Waals surface area contributed by atoms with Crippen LogP contribution in [0.25, 0.3) is 0 Å². The number of esters is 2. The highest BCUT2D eigenvalue weighted by Gasteiger charge is 2.55. The lowest BCUT2D eigenvalue weighted by Crippen LogP contribution is -2.65. The minimum absolute atomic E-state index is 0.0549. The van der Waals surface area contributed by atoms with Crippen LogP contribution in [0.5, 0.6) is 0 Å². The molecule has 0 aromatic rings. The topological polar surface area (TPSA) is 265 Å². The van der Waals surface area contributed by atoms with Crippen molar-refractivity contribution >= 4 is 22.3 Å². The molecule has 2 heterocycles. The van der Waals surface area contributed by atoms with E-state index in [-0.39, 0.29) is 18.4 Å². The van der Waals surface area contributed by atoms with Crippen LogP contribution in [0.15, 0.2) is 0 Å². The first-order chi connectivity index (χ1) is 41.9. The van der Waals surface area contributed by atoms with Gasteiger partial charge in [0.2, 0.25) is 6.29 Å². The third kappa shape index (κ3) is 36.2. The Kier molecular flexibility index (Phi) is 45.2. The van der Waals surface area contributed by atoms with Crippen LogP contribution in [0.4, 0.5) is 0 Å². The van der Waals surface area contributed by atoms with Gasteiger partial charge >= 0.3 is 22.3 Å². The molecule has 0 unspecified atom stereocenters. The van der Waals surface area contributed by atoms with Gasteiger partial charge in [-0.3, -0.25) is 14.1 Å². The summed E-state index contributed by atoms with van der Waals surface area (Å²) in [4.78, 5) is 27.7. The summed E-state index contributed by atoms with van der Waals surface area (Å²) in [6, 6.07) is 0. The van der Waals surface area contributed by atoms with E-state index in [0.29, 0.717) is 48.3 Å². The van der Waals surface area contributed by atoms with E-state index in [0.717, 1.165) is 83.5 Å². The first-order valence-electron chi connectivity index (χ1n) is 35.9. The number of rotatable bonds is 54. The molecule has 2 fully saturated rings. The second kappa shape index (κ2) is 48.2. The fourth-order valence-electron chi connectivity index (χ4n) is 14.2. The van der Waals surface area contributed by atoms with Crippen LogP contribution in [0.2, 0.25) is 0 Å². The Hall–Kier alpha value is -1.55. The molecule has 2 aliphatic heterocycles. The van der Waals surface area contributed by atoms with Crippen molar-refractivity contribution in [2.24, 2.45) is 47.3 Å². The molecule has 2 rings (SSSR count). The summed E-state index contributed by atoms with van der Waals surface area (Å²) in [7, 11) is -5.32. The summed E-state index contributed by atoms with van der Waals surface area (Å²) in [6.45, 7) is 20.5. The average Bonchev–Trinajstić information content (AvgIpc) is 1.38. The third-order valence-electron chi connectivity index (χ3n) is 18.8. The Morgan fingerprint density at radius 1 is 0.443 bits per heavy atom. The molecule has 88 heavy (non-hydrogen) atoms. The van der Waals surface area contributed by atoms with Gasteiger partial charge in [0, 0.05) is 6.42 Å². The summed E-state index contributed by atoms with van der Waals surface area (Å²) in [5.74, 6) is 0.857. The maximum absolute atomic E-state index is 14.1. The van der Waals surface area contributed by atoms with Gasteiger partial charge in [-0.2, -0.15) is 8.42 Å². The van der Waals surface area contributed by atoms with E-state index < -0.39 is 103 Å². The molecule has 0 saturated carbocycles.